The number of hydrogen-bond acceptors (Lipinski definition) is 3. The standard InChI is InChI=1S/C19H15Cl2N3O3/c1-9-5-12-15(6-10(9)2)24(8-11-3-4-13(20)14(21)7-11)17(26)19(12)16(25)22-18(27)23-19/h3-7H,8H2,1-2H3,(H2,22,23,25,27). The van der Waals surface area contributed by atoms with Gasteiger partial charge in [0.1, 0.15) is 0 Å². The summed E-state index contributed by atoms with van der Waals surface area (Å²) in [5, 5.41) is 5.50. The Morgan fingerprint density at radius 2 is 1.70 bits per heavy atom. The third-order valence-electron chi connectivity index (χ3n) is 5.07. The molecule has 0 bridgehead atoms. The second-order valence-corrected chi connectivity index (χ2v) is 7.57. The van der Waals surface area contributed by atoms with Crippen LogP contribution in [0.3, 0.4) is 0 Å². The maximum Gasteiger partial charge on any atom is 0.323 e. The molecule has 2 heterocycles. The minimum atomic E-state index is -1.74. The Hall–Kier alpha value is -2.57. The molecule has 1 unspecified atom stereocenters. The molecule has 1 spiro atoms. The number of carbonyl (C=O) groups is 3. The van der Waals surface area contributed by atoms with Gasteiger partial charge in [-0.15, -0.1) is 0 Å². The summed E-state index contributed by atoms with van der Waals surface area (Å²) in [6.45, 7) is 4.01. The zero-order valence-electron chi connectivity index (χ0n) is 14.5. The van der Waals surface area contributed by atoms with E-state index in [2.05, 4.69) is 10.6 Å². The van der Waals surface area contributed by atoms with Crippen LogP contribution in [0, 0.1) is 13.8 Å². The molecule has 138 valence electrons. The van der Waals surface area contributed by atoms with Gasteiger partial charge in [0, 0.05) is 5.56 Å². The van der Waals surface area contributed by atoms with E-state index in [9.17, 15) is 14.4 Å². The van der Waals surface area contributed by atoms with Crippen LogP contribution in [0.5, 0.6) is 0 Å². The number of nitrogens with one attached hydrogen (secondary N) is 2. The number of nitrogens with zero attached hydrogens (tertiary/aromatic N) is 1. The first kappa shape index (κ1) is 17.8. The molecule has 27 heavy (non-hydrogen) atoms. The Bertz CT molecular complexity index is 1040. The van der Waals surface area contributed by atoms with E-state index in [1.807, 2.05) is 19.9 Å². The molecule has 1 atom stereocenters. The molecule has 6 nitrogen and oxygen atoms in total. The highest BCUT2D eigenvalue weighted by molar-refractivity contribution is 6.42. The van der Waals surface area contributed by atoms with Crippen LogP contribution in [-0.4, -0.2) is 17.8 Å². The summed E-state index contributed by atoms with van der Waals surface area (Å²) in [6, 6.07) is 8.04. The smallest absolute Gasteiger partial charge is 0.312 e. The van der Waals surface area contributed by atoms with Crippen LogP contribution >= 0.6 is 23.2 Å². The monoisotopic (exact) mass is 403 g/mol. The van der Waals surface area contributed by atoms with Crippen molar-refractivity contribution in [2.45, 2.75) is 25.9 Å². The summed E-state index contributed by atoms with van der Waals surface area (Å²) in [5.41, 5.74) is 1.98. The van der Waals surface area contributed by atoms with E-state index in [0.29, 0.717) is 21.3 Å². The van der Waals surface area contributed by atoms with Crippen molar-refractivity contribution in [1.82, 2.24) is 10.6 Å². The minimum Gasteiger partial charge on any atom is -0.312 e. The first-order valence-electron chi connectivity index (χ1n) is 8.25. The second-order valence-electron chi connectivity index (χ2n) is 6.75. The van der Waals surface area contributed by atoms with Gasteiger partial charge in [-0.2, -0.15) is 0 Å². The van der Waals surface area contributed by atoms with E-state index in [1.54, 1.807) is 24.3 Å². The van der Waals surface area contributed by atoms with E-state index in [4.69, 9.17) is 23.2 Å². The van der Waals surface area contributed by atoms with Crippen LogP contribution in [0.15, 0.2) is 30.3 Å². The molecule has 2 aromatic carbocycles. The third kappa shape index (κ3) is 2.51. The van der Waals surface area contributed by atoms with Crippen molar-refractivity contribution in [2.24, 2.45) is 0 Å². The Morgan fingerprint density at radius 1 is 1.00 bits per heavy atom. The third-order valence-corrected chi connectivity index (χ3v) is 5.81. The quantitative estimate of drug-likeness (QED) is 0.596. The number of fused-ring (bicyclic) bond motifs is 2. The molecule has 2 N–H and O–H groups in total. The van der Waals surface area contributed by atoms with Crippen LogP contribution in [0.25, 0.3) is 0 Å². The average molecular weight is 404 g/mol. The summed E-state index contributed by atoms with van der Waals surface area (Å²) in [6.07, 6.45) is 0. The molecular formula is C19H15Cl2N3O3. The largest absolute Gasteiger partial charge is 0.323 e. The average Bonchev–Trinajstić information content (AvgIpc) is 3.02. The zero-order valence-corrected chi connectivity index (χ0v) is 16.0. The minimum absolute atomic E-state index is 0.191. The normalized spacial score (nSPS) is 20.9. The molecular weight excluding hydrogens is 389 g/mol. The summed E-state index contributed by atoms with van der Waals surface area (Å²) in [4.78, 5) is 39.2. The number of carbonyl (C=O) groups excluding carboxylic acids is 3. The molecule has 0 saturated carbocycles. The lowest BCUT2D eigenvalue weighted by Gasteiger charge is -2.21. The fourth-order valence-electron chi connectivity index (χ4n) is 3.52. The summed E-state index contributed by atoms with van der Waals surface area (Å²) < 4.78 is 0. The van der Waals surface area contributed by atoms with Crippen molar-refractivity contribution < 1.29 is 14.4 Å². The highest BCUT2D eigenvalue weighted by Crippen LogP contribution is 2.44. The van der Waals surface area contributed by atoms with Crippen LogP contribution in [0.2, 0.25) is 10.0 Å². The number of halogens is 2. The van der Waals surface area contributed by atoms with Gasteiger partial charge in [-0.25, -0.2) is 4.79 Å². The molecule has 4 rings (SSSR count). The fourth-order valence-corrected chi connectivity index (χ4v) is 3.85. The SMILES string of the molecule is Cc1cc2c(cc1C)C1(NC(=O)NC1=O)C(=O)N2Cc1ccc(Cl)c(Cl)c1. The van der Waals surface area contributed by atoms with Crippen molar-refractivity contribution >= 4 is 46.7 Å². The van der Waals surface area contributed by atoms with E-state index in [-0.39, 0.29) is 6.54 Å². The molecule has 8 heteroatoms. The molecule has 0 radical (unpaired) electrons. The Morgan fingerprint density at radius 3 is 2.33 bits per heavy atom. The number of aryl methyl sites for hydroxylation is 2. The highest BCUT2D eigenvalue weighted by Gasteiger charge is 2.61. The number of urea groups is 1. The Labute approximate surface area is 165 Å². The Balaban J connectivity index is 1.86. The van der Waals surface area contributed by atoms with Gasteiger partial charge < -0.3 is 10.2 Å². The molecule has 2 aliphatic heterocycles. The first-order chi connectivity index (χ1) is 12.7. The Kier molecular flexibility index (Phi) is 3.94. The van der Waals surface area contributed by atoms with Gasteiger partial charge >= 0.3 is 6.03 Å². The van der Waals surface area contributed by atoms with Gasteiger partial charge in [0.2, 0.25) is 5.54 Å². The van der Waals surface area contributed by atoms with Crippen molar-refractivity contribution in [3.05, 3.63) is 62.6 Å². The number of benzene rings is 2. The lowest BCUT2D eigenvalue weighted by atomic mass is 9.89. The van der Waals surface area contributed by atoms with Gasteiger partial charge in [-0.3, -0.25) is 14.9 Å². The molecule has 2 aromatic rings. The van der Waals surface area contributed by atoms with E-state index < -0.39 is 23.4 Å². The van der Waals surface area contributed by atoms with Crippen LogP contribution < -0.4 is 15.5 Å². The maximum absolute atomic E-state index is 13.3. The van der Waals surface area contributed by atoms with Crippen LogP contribution in [0.4, 0.5) is 10.5 Å². The molecule has 1 fully saturated rings. The van der Waals surface area contributed by atoms with E-state index in [1.165, 1.54) is 4.90 Å². The first-order valence-corrected chi connectivity index (χ1v) is 9.01. The lowest BCUT2D eigenvalue weighted by molar-refractivity contribution is -0.134. The zero-order chi connectivity index (χ0) is 19.5. The fraction of sp³-hybridized carbons (Fsp3) is 0.211. The van der Waals surface area contributed by atoms with Crippen LogP contribution in [-0.2, 0) is 21.7 Å². The molecule has 0 aliphatic carbocycles. The number of amides is 4. The number of anilines is 1. The van der Waals surface area contributed by atoms with Gasteiger partial charge in [-0.05, 0) is 48.7 Å². The van der Waals surface area contributed by atoms with Gasteiger partial charge in [0.15, 0.2) is 0 Å². The van der Waals surface area contributed by atoms with Crippen molar-refractivity contribution in [3.63, 3.8) is 0 Å². The predicted molar refractivity (Wildman–Crippen MR) is 102 cm³/mol. The van der Waals surface area contributed by atoms with E-state index >= 15 is 0 Å². The van der Waals surface area contributed by atoms with Crippen molar-refractivity contribution in [3.8, 4) is 0 Å². The van der Waals surface area contributed by atoms with Crippen molar-refractivity contribution in [1.29, 1.82) is 0 Å². The molecule has 1 saturated heterocycles. The predicted octanol–water partition coefficient (Wildman–Crippen LogP) is 3.19. The molecule has 2 aliphatic rings. The number of rotatable bonds is 2. The van der Waals surface area contributed by atoms with Gasteiger partial charge in [0.25, 0.3) is 11.8 Å². The maximum atomic E-state index is 13.3. The molecule has 0 aromatic heterocycles. The second kappa shape index (κ2) is 5.97. The lowest BCUT2D eigenvalue weighted by Crippen LogP contribution is -2.52. The summed E-state index contributed by atoms with van der Waals surface area (Å²) in [7, 11) is 0. The van der Waals surface area contributed by atoms with Gasteiger partial charge in [0.05, 0.1) is 22.3 Å². The topological polar surface area (TPSA) is 78.5 Å². The van der Waals surface area contributed by atoms with E-state index in [0.717, 1.165) is 16.7 Å². The summed E-state index contributed by atoms with van der Waals surface area (Å²) >= 11 is 12.1. The van der Waals surface area contributed by atoms with Crippen molar-refractivity contribution in [2.75, 3.05) is 4.90 Å². The molecule has 4 amide bonds. The van der Waals surface area contributed by atoms with Crippen LogP contribution in [0.1, 0.15) is 22.3 Å². The summed E-state index contributed by atoms with van der Waals surface area (Å²) in [5.74, 6) is -1.17. The number of hydrogen-bond donors (Lipinski definition) is 2. The van der Waals surface area contributed by atoms with Gasteiger partial charge in [-0.1, -0.05) is 35.3 Å². The highest BCUT2D eigenvalue weighted by atomic mass is 35.5. The number of imide groups is 1.